The van der Waals surface area contributed by atoms with Crippen LogP contribution in [0, 0.1) is 0 Å². The molecule has 0 unspecified atom stereocenters. The molecule has 0 radical (unpaired) electrons. The number of hydrogen-bond acceptors (Lipinski definition) is 7. The highest BCUT2D eigenvalue weighted by atomic mass is 32.1. The number of carbonyl (C=O) groups excluding carboxylic acids is 2. The zero-order valence-corrected chi connectivity index (χ0v) is 19.1. The first kappa shape index (κ1) is 24.4. The molecule has 0 aliphatic rings. The molecule has 0 saturated carbocycles. The monoisotopic (exact) mass is 468 g/mol. The Morgan fingerprint density at radius 1 is 0.970 bits per heavy atom. The molecule has 0 saturated heterocycles. The van der Waals surface area contributed by atoms with Gasteiger partial charge in [0.25, 0.3) is 11.8 Å². The van der Waals surface area contributed by atoms with Crippen molar-refractivity contribution in [3.05, 3.63) is 76.5 Å². The maximum atomic E-state index is 12.4. The molecule has 0 aliphatic carbocycles. The van der Waals surface area contributed by atoms with Crippen molar-refractivity contribution in [3.63, 3.8) is 0 Å². The van der Waals surface area contributed by atoms with Crippen molar-refractivity contribution in [2.75, 3.05) is 18.4 Å². The minimum Gasteiger partial charge on any atom is -0.391 e. The first-order chi connectivity index (χ1) is 16.0. The molecule has 33 heavy (non-hydrogen) atoms. The lowest BCUT2D eigenvalue weighted by molar-refractivity contribution is -0.133. The van der Waals surface area contributed by atoms with E-state index in [-0.39, 0.29) is 0 Å². The quantitative estimate of drug-likeness (QED) is 0.146. The second kappa shape index (κ2) is 12.1. The summed E-state index contributed by atoms with van der Waals surface area (Å²) in [4.78, 5) is 25.3. The van der Waals surface area contributed by atoms with Gasteiger partial charge in [0.2, 0.25) is 0 Å². The van der Waals surface area contributed by atoms with Gasteiger partial charge < -0.3 is 21.1 Å². The van der Waals surface area contributed by atoms with E-state index in [1.54, 1.807) is 23.5 Å². The normalized spacial score (nSPS) is 12.6. The summed E-state index contributed by atoms with van der Waals surface area (Å²) in [6, 6.07) is 17.9. The molecule has 0 spiro atoms. The highest BCUT2D eigenvalue weighted by Gasteiger charge is 2.25. The maximum Gasteiger partial charge on any atom is 0.268 e. The van der Waals surface area contributed by atoms with Crippen molar-refractivity contribution in [2.24, 2.45) is 0 Å². The van der Waals surface area contributed by atoms with E-state index < -0.39 is 24.0 Å². The molecule has 3 rings (SSSR count). The van der Waals surface area contributed by atoms with Crippen LogP contribution >= 0.6 is 11.3 Å². The lowest BCUT2D eigenvalue weighted by Gasteiger charge is -2.19. The molecule has 6 N–H and O–H groups in total. The third-order valence-corrected chi connectivity index (χ3v) is 5.91. The smallest absolute Gasteiger partial charge is 0.268 e. The van der Waals surface area contributed by atoms with Gasteiger partial charge in [-0.05, 0) is 53.8 Å². The van der Waals surface area contributed by atoms with E-state index >= 15 is 0 Å². The molecule has 9 heteroatoms. The van der Waals surface area contributed by atoms with Crippen molar-refractivity contribution in [3.8, 4) is 11.1 Å². The highest BCUT2D eigenvalue weighted by molar-refractivity contribution is 7.09. The zero-order valence-electron chi connectivity index (χ0n) is 18.2. The third kappa shape index (κ3) is 7.13. The van der Waals surface area contributed by atoms with Crippen LogP contribution < -0.4 is 21.4 Å². The van der Waals surface area contributed by atoms with Crippen LogP contribution in [0.4, 0.5) is 5.69 Å². The van der Waals surface area contributed by atoms with E-state index in [9.17, 15) is 14.7 Å². The van der Waals surface area contributed by atoms with Gasteiger partial charge in [-0.25, -0.2) is 5.48 Å². The lowest BCUT2D eigenvalue weighted by atomic mass is 10.0. The molecule has 1 heterocycles. The summed E-state index contributed by atoms with van der Waals surface area (Å²) in [7, 11) is 0. The average Bonchev–Trinajstić information content (AvgIpc) is 3.35. The number of nitrogens with one attached hydrogen (secondary N) is 4. The Morgan fingerprint density at radius 2 is 1.64 bits per heavy atom. The van der Waals surface area contributed by atoms with Gasteiger partial charge in [0, 0.05) is 35.8 Å². The van der Waals surface area contributed by atoms with Gasteiger partial charge in [0.05, 0.1) is 6.10 Å². The predicted molar refractivity (Wildman–Crippen MR) is 129 cm³/mol. The first-order valence-corrected chi connectivity index (χ1v) is 11.5. The van der Waals surface area contributed by atoms with Crippen LogP contribution in [0.25, 0.3) is 11.1 Å². The Balaban J connectivity index is 1.50. The molecule has 0 fully saturated rings. The van der Waals surface area contributed by atoms with E-state index in [1.165, 1.54) is 17.3 Å². The fourth-order valence-electron chi connectivity index (χ4n) is 3.21. The third-order valence-electron chi connectivity index (χ3n) is 5.04. The standard InChI is InChI=1S/C24H28N4O4S/c1-16(29)22(24(31)28-32)27-23(30)19-6-4-17(5-7-19)18-8-10-20(11-9-18)26-13-12-25-15-21-3-2-14-33-21/h2-11,14,16,22,25-26,29,32H,12-13,15H2,1H3,(H,27,30)(H,28,31)/t16-,22+/m1/s1. The van der Waals surface area contributed by atoms with Gasteiger partial charge in [0.1, 0.15) is 6.04 Å². The van der Waals surface area contributed by atoms with Crippen molar-refractivity contribution in [1.82, 2.24) is 16.1 Å². The van der Waals surface area contributed by atoms with Gasteiger partial charge in [-0.1, -0.05) is 30.3 Å². The molecule has 2 amide bonds. The number of aliphatic hydroxyl groups excluding tert-OH is 1. The summed E-state index contributed by atoms with van der Waals surface area (Å²) in [6.07, 6.45) is -1.16. The summed E-state index contributed by atoms with van der Waals surface area (Å²) < 4.78 is 0. The molecular weight excluding hydrogens is 440 g/mol. The van der Waals surface area contributed by atoms with Gasteiger partial charge >= 0.3 is 0 Å². The maximum absolute atomic E-state index is 12.4. The fourth-order valence-corrected chi connectivity index (χ4v) is 3.89. The number of rotatable bonds is 11. The Hall–Kier alpha value is -3.24. The van der Waals surface area contributed by atoms with Crippen LogP contribution in [0.5, 0.6) is 0 Å². The summed E-state index contributed by atoms with van der Waals surface area (Å²) in [5, 5.41) is 29.7. The predicted octanol–water partition coefficient (Wildman–Crippen LogP) is 2.60. The molecule has 0 bridgehead atoms. The second-order valence-corrected chi connectivity index (χ2v) is 8.54. The summed E-state index contributed by atoms with van der Waals surface area (Å²) in [5.41, 5.74) is 4.75. The van der Waals surface area contributed by atoms with Crippen molar-refractivity contribution < 1.29 is 19.9 Å². The molecular formula is C24H28N4O4S. The van der Waals surface area contributed by atoms with Crippen molar-refractivity contribution in [2.45, 2.75) is 25.6 Å². The average molecular weight is 469 g/mol. The van der Waals surface area contributed by atoms with Gasteiger partial charge in [-0.15, -0.1) is 11.3 Å². The molecule has 1 aromatic heterocycles. The minimum atomic E-state index is -1.26. The molecule has 174 valence electrons. The number of hydrogen-bond donors (Lipinski definition) is 6. The van der Waals surface area contributed by atoms with Crippen LogP contribution in [0.15, 0.2) is 66.0 Å². The zero-order chi connectivity index (χ0) is 23.6. The Morgan fingerprint density at radius 3 is 2.21 bits per heavy atom. The SMILES string of the molecule is C[C@@H](O)[C@H](NC(=O)c1ccc(-c2ccc(NCCNCc3cccs3)cc2)cc1)C(=O)NO. The number of anilines is 1. The van der Waals surface area contributed by atoms with Crippen LogP contribution in [0.2, 0.25) is 0 Å². The van der Waals surface area contributed by atoms with Crippen LogP contribution in [0.1, 0.15) is 22.2 Å². The van der Waals surface area contributed by atoms with E-state index in [4.69, 9.17) is 5.21 Å². The number of carbonyl (C=O) groups is 2. The number of thiophene rings is 1. The number of benzene rings is 2. The van der Waals surface area contributed by atoms with E-state index in [0.717, 1.165) is 36.4 Å². The highest BCUT2D eigenvalue weighted by Crippen LogP contribution is 2.22. The summed E-state index contributed by atoms with van der Waals surface area (Å²) >= 11 is 1.74. The van der Waals surface area contributed by atoms with Crippen molar-refractivity contribution in [1.29, 1.82) is 0 Å². The van der Waals surface area contributed by atoms with Crippen LogP contribution in [-0.2, 0) is 11.3 Å². The van der Waals surface area contributed by atoms with Crippen molar-refractivity contribution >= 4 is 28.8 Å². The molecule has 3 aromatic rings. The van der Waals surface area contributed by atoms with Gasteiger partial charge in [-0.2, -0.15) is 0 Å². The summed E-state index contributed by atoms with van der Waals surface area (Å²) in [6.45, 7) is 3.90. The molecule has 2 aromatic carbocycles. The Bertz CT molecular complexity index is 1020. The second-order valence-electron chi connectivity index (χ2n) is 7.51. The van der Waals surface area contributed by atoms with Crippen LogP contribution in [-0.4, -0.2) is 47.4 Å². The molecule has 2 atom stereocenters. The van der Waals surface area contributed by atoms with Crippen LogP contribution in [0.3, 0.4) is 0 Å². The molecule has 0 aliphatic heterocycles. The minimum absolute atomic E-state index is 0.337. The lowest BCUT2D eigenvalue weighted by Crippen LogP contribution is -2.51. The summed E-state index contributed by atoms with van der Waals surface area (Å²) in [5.74, 6) is -1.41. The van der Waals surface area contributed by atoms with E-state index in [2.05, 4.69) is 33.5 Å². The number of aliphatic hydroxyl groups is 1. The Kier molecular flexibility index (Phi) is 8.96. The largest absolute Gasteiger partial charge is 0.391 e. The van der Waals surface area contributed by atoms with E-state index in [1.807, 2.05) is 36.4 Å². The van der Waals surface area contributed by atoms with E-state index in [0.29, 0.717) is 5.56 Å². The van der Waals surface area contributed by atoms with Gasteiger partial charge in [-0.3, -0.25) is 14.8 Å². The van der Waals surface area contributed by atoms with Gasteiger partial charge in [0.15, 0.2) is 0 Å². The fraction of sp³-hybridized carbons (Fsp3) is 0.250. The topological polar surface area (TPSA) is 123 Å². The number of hydroxylamine groups is 1. The number of amides is 2. The Labute approximate surface area is 196 Å². The molecule has 8 nitrogen and oxygen atoms in total. The first-order valence-electron chi connectivity index (χ1n) is 10.6.